The first-order chi connectivity index (χ1) is 5.61. The lowest BCUT2D eigenvalue weighted by Gasteiger charge is -1.96. The van der Waals surface area contributed by atoms with Crippen LogP contribution in [0.1, 0.15) is 13.8 Å². The number of rotatable bonds is 0. The van der Waals surface area contributed by atoms with Gasteiger partial charge in [-0.3, -0.25) is 0 Å². The molecule has 1 aromatic carbocycles. The molecule has 2 nitrogen and oxygen atoms in total. The van der Waals surface area contributed by atoms with Gasteiger partial charge in [-0.25, -0.2) is 8.78 Å². The smallest absolute Gasteiger partial charge is 0.188 e. The van der Waals surface area contributed by atoms with E-state index in [9.17, 15) is 8.78 Å². The zero-order chi connectivity index (χ0) is 9.72. The third kappa shape index (κ3) is 2.38. The normalized spacial score (nSPS) is 8.67. The summed E-state index contributed by atoms with van der Waals surface area (Å²) < 4.78 is 24.4. The molecular formula is C8H10F2O2. The monoisotopic (exact) mass is 176 g/mol. The Morgan fingerprint density at radius 3 is 1.67 bits per heavy atom. The Morgan fingerprint density at radius 2 is 1.33 bits per heavy atom. The van der Waals surface area contributed by atoms with Crippen LogP contribution in [0.25, 0.3) is 0 Å². The summed E-state index contributed by atoms with van der Waals surface area (Å²) in [6.07, 6.45) is 0. The van der Waals surface area contributed by atoms with E-state index in [1.54, 1.807) is 0 Å². The van der Waals surface area contributed by atoms with Gasteiger partial charge in [-0.1, -0.05) is 13.8 Å². The van der Waals surface area contributed by atoms with Crippen LogP contribution >= 0.6 is 0 Å². The van der Waals surface area contributed by atoms with Crippen LogP contribution in [-0.2, 0) is 0 Å². The Kier molecular flexibility index (Phi) is 4.04. The molecule has 0 aromatic heterocycles. The molecule has 0 heterocycles. The summed E-state index contributed by atoms with van der Waals surface area (Å²) in [7, 11) is 0. The Morgan fingerprint density at radius 1 is 1.00 bits per heavy atom. The molecule has 0 fully saturated rings. The molecule has 0 saturated carbocycles. The minimum Gasteiger partial charge on any atom is -0.508 e. The van der Waals surface area contributed by atoms with Crippen LogP contribution in [0.4, 0.5) is 8.78 Å². The van der Waals surface area contributed by atoms with Gasteiger partial charge in [0.25, 0.3) is 0 Å². The first kappa shape index (κ1) is 10.7. The van der Waals surface area contributed by atoms with Gasteiger partial charge in [0.2, 0.25) is 0 Å². The fraction of sp³-hybridized carbons (Fsp3) is 0.250. The average molecular weight is 176 g/mol. The molecule has 12 heavy (non-hydrogen) atoms. The van der Waals surface area contributed by atoms with Crippen LogP contribution in [0.15, 0.2) is 12.1 Å². The van der Waals surface area contributed by atoms with Gasteiger partial charge in [0.1, 0.15) is 5.75 Å². The Labute approximate surface area is 69.1 Å². The summed E-state index contributed by atoms with van der Waals surface area (Å²) in [5.41, 5.74) is 0. The molecule has 0 aliphatic heterocycles. The van der Waals surface area contributed by atoms with Crippen molar-refractivity contribution >= 4 is 0 Å². The van der Waals surface area contributed by atoms with Gasteiger partial charge < -0.3 is 10.2 Å². The van der Waals surface area contributed by atoms with Crippen LogP contribution in [0.5, 0.6) is 11.5 Å². The average Bonchev–Trinajstić information content (AvgIpc) is 2.04. The second kappa shape index (κ2) is 4.54. The van der Waals surface area contributed by atoms with E-state index in [1.165, 1.54) is 0 Å². The molecule has 1 rings (SSSR count). The zero-order valence-corrected chi connectivity index (χ0v) is 6.81. The van der Waals surface area contributed by atoms with Crippen molar-refractivity contribution in [2.45, 2.75) is 13.8 Å². The maximum Gasteiger partial charge on any atom is 0.188 e. The lowest BCUT2D eigenvalue weighted by Crippen LogP contribution is -1.80. The quantitative estimate of drug-likeness (QED) is 0.596. The summed E-state index contributed by atoms with van der Waals surface area (Å²) in [6, 6.07) is 1.25. The van der Waals surface area contributed by atoms with Crippen molar-refractivity contribution in [2.75, 3.05) is 0 Å². The third-order valence-corrected chi connectivity index (χ3v) is 1.00. The van der Waals surface area contributed by atoms with Crippen LogP contribution < -0.4 is 0 Å². The predicted molar refractivity (Wildman–Crippen MR) is 41.0 cm³/mol. The van der Waals surface area contributed by atoms with E-state index in [0.29, 0.717) is 12.1 Å². The Bertz CT molecular complexity index is 238. The molecule has 1 aromatic rings. The Balaban J connectivity index is 0.000000561. The molecule has 0 amide bonds. The molecule has 0 unspecified atom stereocenters. The molecule has 0 bridgehead atoms. The minimum absolute atomic E-state index is 0.548. The maximum absolute atomic E-state index is 12.2. The first-order valence-electron chi connectivity index (χ1n) is 3.48. The van der Waals surface area contributed by atoms with Gasteiger partial charge in [-0.2, -0.15) is 0 Å². The van der Waals surface area contributed by atoms with E-state index in [4.69, 9.17) is 10.2 Å². The number of phenols is 2. The number of benzene rings is 1. The lowest BCUT2D eigenvalue weighted by atomic mass is 10.3. The van der Waals surface area contributed by atoms with Crippen LogP contribution in [0.3, 0.4) is 0 Å². The topological polar surface area (TPSA) is 40.5 Å². The highest BCUT2D eigenvalue weighted by Crippen LogP contribution is 2.24. The summed E-state index contributed by atoms with van der Waals surface area (Å²) in [5.74, 6) is -3.96. The van der Waals surface area contributed by atoms with Crippen molar-refractivity contribution in [1.29, 1.82) is 0 Å². The van der Waals surface area contributed by atoms with Crippen molar-refractivity contribution < 1.29 is 19.0 Å². The van der Waals surface area contributed by atoms with Crippen molar-refractivity contribution in [3.8, 4) is 11.5 Å². The zero-order valence-electron chi connectivity index (χ0n) is 6.81. The largest absolute Gasteiger partial charge is 0.508 e. The maximum atomic E-state index is 12.2. The van der Waals surface area contributed by atoms with E-state index in [1.807, 2.05) is 13.8 Å². The molecule has 0 atom stereocenters. The van der Waals surface area contributed by atoms with E-state index >= 15 is 0 Å². The number of hydrogen-bond acceptors (Lipinski definition) is 2. The van der Waals surface area contributed by atoms with Gasteiger partial charge in [0.15, 0.2) is 17.4 Å². The second-order valence-electron chi connectivity index (χ2n) is 1.76. The van der Waals surface area contributed by atoms with Crippen LogP contribution in [-0.4, -0.2) is 10.2 Å². The summed E-state index contributed by atoms with van der Waals surface area (Å²) in [6.45, 7) is 4.00. The molecule has 0 radical (unpaired) electrons. The number of phenolic OH excluding ortho intramolecular Hbond substituents is 2. The molecular weight excluding hydrogens is 166 g/mol. The third-order valence-electron chi connectivity index (χ3n) is 1.00. The van der Waals surface area contributed by atoms with Gasteiger partial charge in [0, 0.05) is 12.1 Å². The molecule has 0 aliphatic rings. The van der Waals surface area contributed by atoms with E-state index in [0.717, 1.165) is 0 Å². The standard InChI is InChI=1S/C6H4F2O2.C2H6/c7-4-1-3(9)2-5(8)6(4)10;1-2/h1-2,9-10H;1-2H3. The summed E-state index contributed by atoms with van der Waals surface area (Å²) in [4.78, 5) is 0. The fourth-order valence-corrected chi connectivity index (χ4v) is 0.552. The van der Waals surface area contributed by atoms with E-state index in [-0.39, 0.29) is 0 Å². The molecule has 0 saturated heterocycles. The SMILES string of the molecule is CC.Oc1cc(F)c(O)c(F)c1. The first-order valence-corrected chi connectivity index (χ1v) is 3.48. The van der Waals surface area contributed by atoms with Crippen LogP contribution in [0.2, 0.25) is 0 Å². The van der Waals surface area contributed by atoms with E-state index in [2.05, 4.69) is 0 Å². The van der Waals surface area contributed by atoms with Crippen molar-refractivity contribution in [1.82, 2.24) is 0 Å². The van der Waals surface area contributed by atoms with E-state index < -0.39 is 23.1 Å². The van der Waals surface area contributed by atoms with Gasteiger partial charge >= 0.3 is 0 Å². The van der Waals surface area contributed by atoms with Crippen LogP contribution in [0, 0.1) is 11.6 Å². The van der Waals surface area contributed by atoms with Gasteiger partial charge in [-0.15, -0.1) is 0 Å². The highest BCUT2D eigenvalue weighted by molar-refractivity contribution is 5.32. The van der Waals surface area contributed by atoms with Crippen molar-refractivity contribution in [3.05, 3.63) is 23.8 Å². The molecule has 0 spiro atoms. The predicted octanol–water partition coefficient (Wildman–Crippen LogP) is 2.40. The van der Waals surface area contributed by atoms with Gasteiger partial charge in [0.05, 0.1) is 0 Å². The fourth-order valence-electron chi connectivity index (χ4n) is 0.552. The summed E-state index contributed by atoms with van der Waals surface area (Å²) in [5, 5.41) is 17.0. The molecule has 68 valence electrons. The highest BCUT2D eigenvalue weighted by Gasteiger charge is 2.07. The molecule has 4 heteroatoms. The van der Waals surface area contributed by atoms with Crippen molar-refractivity contribution in [2.24, 2.45) is 0 Å². The number of hydrogen-bond donors (Lipinski definition) is 2. The molecule has 2 N–H and O–H groups in total. The van der Waals surface area contributed by atoms with Crippen molar-refractivity contribution in [3.63, 3.8) is 0 Å². The minimum atomic E-state index is -1.17. The molecule has 0 aliphatic carbocycles. The Hall–Kier alpha value is -1.32. The number of halogens is 2. The lowest BCUT2D eigenvalue weighted by molar-refractivity contribution is 0.386. The second-order valence-corrected chi connectivity index (χ2v) is 1.76. The highest BCUT2D eigenvalue weighted by atomic mass is 19.1. The van der Waals surface area contributed by atoms with Gasteiger partial charge in [-0.05, 0) is 0 Å². The summed E-state index contributed by atoms with van der Waals surface area (Å²) >= 11 is 0. The number of aromatic hydroxyl groups is 2.